The molecule has 1 atom stereocenters. The highest BCUT2D eigenvalue weighted by atomic mass is 16.7. The zero-order valence-corrected chi connectivity index (χ0v) is 17.3. The number of hydroxylamine groups is 2. The van der Waals surface area contributed by atoms with E-state index in [1.807, 2.05) is 9.96 Å². The van der Waals surface area contributed by atoms with Crippen molar-refractivity contribution in [3.63, 3.8) is 0 Å². The van der Waals surface area contributed by atoms with Crippen molar-refractivity contribution in [1.29, 1.82) is 0 Å². The normalized spacial score (nSPS) is 19.8. The van der Waals surface area contributed by atoms with Crippen LogP contribution in [0.4, 0.5) is 0 Å². The summed E-state index contributed by atoms with van der Waals surface area (Å²) in [7, 11) is 3.11. The van der Waals surface area contributed by atoms with E-state index >= 15 is 0 Å². The monoisotopic (exact) mass is 405 g/mol. The third kappa shape index (κ3) is 6.08. The zero-order chi connectivity index (χ0) is 20.6. The molecule has 1 aromatic carbocycles. The molecular formula is C21H31N3O5. The van der Waals surface area contributed by atoms with E-state index < -0.39 is 0 Å². The van der Waals surface area contributed by atoms with Crippen molar-refractivity contribution in [3.8, 4) is 11.5 Å². The topological polar surface area (TPSA) is 80.3 Å². The Labute approximate surface area is 172 Å². The standard InChI is InChI=1S/C21H31N3O5/c1-27-18-11-17(12-19(13-18)28-2)21(26)22-14-16-5-3-7-23(15-16)20(25)6-9-24-8-4-10-29-24/h11-13,16H,3-10,14-15H2,1-2H3,(H,22,26)/t16-/m1/s1. The Balaban J connectivity index is 1.47. The number of amides is 2. The lowest BCUT2D eigenvalue weighted by Gasteiger charge is -2.33. The fourth-order valence-electron chi connectivity index (χ4n) is 3.79. The number of hydrogen-bond donors (Lipinski definition) is 1. The van der Waals surface area contributed by atoms with Crippen LogP contribution in [0.5, 0.6) is 11.5 Å². The predicted octanol–water partition coefficient (Wildman–Crippen LogP) is 1.70. The van der Waals surface area contributed by atoms with Gasteiger partial charge in [0.1, 0.15) is 11.5 Å². The molecular weight excluding hydrogens is 374 g/mol. The third-order valence-corrected chi connectivity index (χ3v) is 5.44. The molecule has 2 fully saturated rings. The number of ether oxygens (including phenoxy) is 2. The molecule has 8 heteroatoms. The minimum atomic E-state index is -0.170. The highest BCUT2D eigenvalue weighted by molar-refractivity contribution is 5.95. The number of likely N-dealkylation sites (tertiary alicyclic amines) is 1. The van der Waals surface area contributed by atoms with E-state index in [1.165, 1.54) is 0 Å². The highest BCUT2D eigenvalue weighted by Gasteiger charge is 2.25. The fourth-order valence-corrected chi connectivity index (χ4v) is 3.79. The van der Waals surface area contributed by atoms with E-state index in [4.69, 9.17) is 14.3 Å². The Morgan fingerprint density at radius 1 is 1.14 bits per heavy atom. The first-order valence-electron chi connectivity index (χ1n) is 10.3. The molecule has 1 aromatic rings. The average Bonchev–Trinajstić information content (AvgIpc) is 3.29. The minimum absolute atomic E-state index is 0.161. The van der Waals surface area contributed by atoms with Crippen LogP contribution in [0.25, 0.3) is 0 Å². The maximum absolute atomic E-state index is 12.6. The number of hydrogen-bond acceptors (Lipinski definition) is 6. The van der Waals surface area contributed by atoms with Gasteiger partial charge >= 0.3 is 0 Å². The van der Waals surface area contributed by atoms with E-state index in [9.17, 15) is 9.59 Å². The van der Waals surface area contributed by atoms with Gasteiger partial charge in [0.15, 0.2) is 0 Å². The summed E-state index contributed by atoms with van der Waals surface area (Å²) in [6, 6.07) is 5.11. The first-order chi connectivity index (χ1) is 14.1. The van der Waals surface area contributed by atoms with Crippen LogP contribution in [0.2, 0.25) is 0 Å². The molecule has 1 N–H and O–H groups in total. The summed E-state index contributed by atoms with van der Waals surface area (Å²) >= 11 is 0. The second kappa shape index (κ2) is 10.5. The quantitative estimate of drug-likeness (QED) is 0.709. The van der Waals surface area contributed by atoms with E-state index in [-0.39, 0.29) is 17.7 Å². The molecule has 3 rings (SSSR count). The van der Waals surface area contributed by atoms with Crippen LogP contribution < -0.4 is 14.8 Å². The number of nitrogens with zero attached hydrogens (tertiary/aromatic N) is 2. The zero-order valence-electron chi connectivity index (χ0n) is 17.3. The molecule has 0 aromatic heterocycles. The predicted molar refractivity (Wildman–Crippen MR) is 108 cm³/mol. The summed E-state index contributed by atoms with van der Waals surface area (Å²) in [5, 5.41) is 4.87. The Hall–Kier alpha value is -2.32. The van der Waals surface area contributed by atoms with Crippen LogP contribution in [0.3, 0.4) is 0 Å². The van der Waals surface area contributed by atoms with Gasteiger partial charge < -0.3 is 19.7 Å². The number of methoxy groups -OCH3 is 2. The van der Waals surface area contributed by atoms with Crippen molar-refractivity contribution in [2.24, 2.45) is 5.92 Å². The van der Waals surface area contributed by atoms with Crippen LogP contribution >= 0.6 is 0 Å². The van der Waals surface area contributed by atoms with Gasteiger partial charge in [0, 0.05) is 50.8 Å². The Bertz CT molecular complexity index is 683. The van der Waals surface area contributed by atoms with Crippen LogP contribution in [0, 0.1) is 5.92 Å². The first-order valence-corrected chi connectivity index (χ1v) is 10.3. The lowest BCUT2D eigenvalue weighted by Crippen LogP contribution is -2.44. The van der Waals surface area contributed by atoms with Crippen molar-refractivity contribution in [2.75, 3.05) is 53.6 Å². The smallest absolute Gasteiger partial charge is 0.251 e. The number of nitrogens with one attached hydrogen (secondary N) is 1. The molecule has 2 saturated heterocycles. The summed E-state index contributed by atoms with van der Waals surface area (Å²) in [5.41, 5.74) is 0.496. The summed E-state index contributed by atoms with van der Waals surface area (Å²) in [6.07, 6.45) is 3.46. The van der Waals surface area contributed by atoms with Crippen LogP contribution in [0.15, 0.2) is 18.2 Å². The summed E-state index contributed by atoms with van der Waals surface area (Å²) in [6.45, 7) is 4.31. The van der Waals surface area contributed by atoms with E-state index in [0.717, 1.165) is 39.0 Å². The van der Waals surface area contributed by atoms with Gasteiger partial charge in [-0.2, -0.15) is 5.06 Å². The lowest BCUT2D eigenvalue weighted by molar-refractivity contribution is -0.140. The molecule has 2 aliphatic rings. The van der Waals surface area contributed by atoms with E-state index in [2.05, 4.69) is 5.32 Å². The van der Waals surface area contributed by atoms with Crippen molar-refractivity contribution in [2.45, 2.75) is 25.7 Å². The van der Waals surface area contributed by atoms with Crippen LogP contribution in [0.1, 0.15) is 36.0 Å². The van der Waals surface area contributed by atoms with Gasteiger partial charge in [0.2, 0.25) is 5.91 Å². The summed E-state index contributed by atoms with van der Waals surface area (Å²) in [4.78, 5) is 32.5. The number of carbonyl (C=O) groups is 2. The molecule has 0 radical (unpaired) electrons. The van der Waals surface area contributed by atoms with Crippen LogP contribution in [-0.4, -0.2) is 75.3 Å². The Morgan fingerprint density at radius 3 is 2.55 bits per heavy atom. The lowest BCUT2D eigenvalue weighted by atomic mass is 9.97. The second-order valence-electron chi connectivity index (χ2n) is 7.53. The van der Waals surface area contributed by atoms with Crippen LogP contribution in [-0.2, 0) is 9.63 Å². The molecule has 2 aliphatic heterocycles. The molecule has 0 unspecified atom stereocenters. The third-order valence-electron chi connectivity index (χ3n) is 5.44. The van der Waals surface area contributed by atoms with Gasteiger partial charge in [-0.15, -0.1) is 0 Å². The molecule has 2 heterocycles. The largest absolute Gasteiger partial charge is 0.497 e. The average molecular weight is 405 g/mol. The fraction of sp³-hybridized carbons (Fsp3) is 0.619. The van der Waals surface area contributed by atoms with Crippen molar-refractivity contribution in [3.05, 3.63) is 23.8 Å². The molecule has 0 saturated carbocycles. The maximum atomic E-state index is 12.6. The van der Waals surface area contributed by atoms with Crippen molar-refractivity contribution in [1.82, 2.24) is 15.3 Å². The number of carbonyl (C=O) groups excluding carboxylic acids is 2. The van der Waals surface area contributed by atoms with Gasteiger partial charge in [0.05, 0.1) is 20.8 Å². The molecule has 0 bridgehead atoms. The van der Waals surface area contributed by atoms with Gasteiger partial charge in [-0.1, -0.05) is 0 Å². The van der Waals surface area contributed by atoms with Gasteiger partial charge in [-0.3, -0.25) is 14.4 Å². The van der Waals surface area contributed by atoms with Gasteiger partial charge in [-0.25, -0.2) is 0 Å². The summed E-state index contributed by atoms with van der Waals surface area (Å²) in [5.74, 6) is 1.40. The molecule has 160 valence electrons. The highest BCUT2D eigenvalue weighted by Crippen LogP contribution is 2.23. The molecule has 8 nitrogen and oxygen atoms in total. The van der Waals surface area contributed by atoms with E-state index in [1.54, 1.807) is 32.4 Å². The molecule has 0 spiro atoms. The summed E-state index contributed by atoms with van der Waals surface area (Å²) < 4.78 is 10.5. The SMILES string of the molecule is COc1cc(OC)cc(C(=O)NC[C@H]2CCCN(C(=O)CCN3CCCO3)C2)c1. The van der Waals surface area contributed by atoms with Gasteiger partial charge in [-0.05, 0) is 37.3 Å². The number of benzene rings is 1. The second-order valence-corrected chi connectivity index (χ2v) is 7.53. The molecule has 29 heavy (non-hydrogen) atoms. The van der Waals surface area contributed by atoms with Crippen molar-refractivity contribution >= 4 is 11.8 Å². The Kier molecular flexibility index (Phi) is 7.71. The molecule has 0 aliphatic carbocycles. The number of rotatable bonds is 8. The first kappa shape index (κ1) is 21.4. The number of piperidine rings is 1. The molecule has 2 amide bonds. The maximum Gasteiger partial charge on any atom is 0.251 e. The minimum Gasteiger partial charge on any atom is -0.497 e. The van der Waals surface area contributed by atoms with Gasteiger partial charge in [0.25, 0.3) is 5.91 Å². The van der Waals surface area contributed by atoms with Crippen molar-refractivity contribution < 1.29 is 23.9 Å². The van der Waals surface area contributed by atoms with E-state index in [0.29, 0.717) is 43.1 Å². The Morgan fingerprint density at radius 2 is 1.90 bits per heavy atom.